The molecule has 0 radical (unpaired) electrons. The molecule has 0 N–H and O–H groups in total. The lowest BCUT2D eigenvalue weighted by Crippen LogP contribution is -2.49. The highest BCUT2D eigenvalue weighted by Gasteiger charge is 2.22. The van der Waals surface area contributed by atoms with Crippen molar-refractivity contribution >= 4 is 32.4 Å². The Bertz CT molecular complexity index is 335. The number of nitrogens with zero attached hydrogens (tertiary/aromatic N) is 4. The van der Waals surface area contributed by atoms with Gasteiger partial charge in [0.25, 0.3) is 0 Å². The van der Waals surface area contributed by atoms with Crippen LogP contribution in [-0.4, -0.2) is 47.3 Å². The number of hydrogen-bond acceptors (Lipinski definition) is 5. The summed E-state index contributed by atoms with van der Waals surface area (Å²) in [6, 6.07) is 0.698. The number of piperazine rings is 1. The maximum absolute atomic E-state index is 4.16. The minimum absolute atomic E-state index is 0.698. The molecule has 4 nitrogen and oxygen atoms in total. The predicted molar refractivity (Wildman–Crippen MR) is 71.1 cm³/mol. The van der Waals surface area contributed by atoms with Crippen LogP contribution in [0.3, 0.4) is 0 Å². The van der Waals surface area contributed by atoms with E-state index in [0.29, 0.717) is 6.04 Å². The average molecular weight is 305 g/mol. The van der Waals surface area contributed by atoms with Gasteiger partial charge in [0.05, 0.1) is 0 Å². The molecule has 6 heteroatoms. The first-order valence-corrected chi connectivity index (χ1v) is 7.29. The molecule has 0 aromatic carbocycles. The normalized spacial score (nSPS) is 20.1. The molecule has 1 aliphatic rings. The zero-order valence-electron chi connectivity index (χ0n) is 9.69. The highest BCUT2D eigenvalue weighted by molar-refractivity contribution is 9.11. The van der Waals surface area contributed by atoms with Crippen molar-refractivity contribution in [3.05, 3.63) is 3.92 Å². The van der Waals surface area contributed by atoms with Crippen molar-refractivity contribution < 1.29 is 0 Å². The fraction of sp³-hybridized carbons (Fsp3) is 0.800. The van der Waals surface area contributed by atoms with Crippen molar-refractivity contribution in [1.82, 2.24) is 15.1 Å². The summed E-state index contributed by atoms with van der Waals surface area (Å²) in [7, 11) is 0. The van der Waals surface area contributed by atoms with Gasteiger partial charge in [-0.2, -0.15) is 0 Å². The minimum Gasteiger partial charge on any atom is -0.344 e. The molecule has 1 saturated heterocycles. The van der Waals surface area contributed by atoms with Crippen molar-refractivity contribution in [2.24, 2.45) is 0 Å². The van der Waals surface area contributed by atoms with Crippen LogP contribution in [0.4, 0.5) is 5.13 Å². The van der Waals surface area contributed by atoms with Gasteiger partial charge < -0.3 is 4.90 Å². The average Bonchev–Trinajstić information content (AvgIpc) is 2.75. The van der Waals surface area contributed by atoms with Gasteiger partial charge in [0.1, 0.15) is 0 Å². The van der Waals surface area contributed by atoms with Crippen LogP contribution < -0.4 is 4.90 Å². The largest absolute Gasteiger partial charge is 0.344 e. The molecule has 0 amide bonds. The number of hydrogen-bond donors (Lipinski definition) is 0. The van der Waals surface area contributed by atoms with Gasteiger partial charge >= 0.3 is 0 Å². The quantitative estimate of drug-likeness (QED) is 0.857. The zero-order valence-corrected chi connectivity index (χ0v) is 12.1. The molecule has 16 heavy (non-hydrogen) atoms. The van der Waals surface area contributed by atoms with Crippen LogP contribution in [0.5, 0.6) is 0 Å². The fourth-order valence-corrected chi connectivity index (χ4v) is 3.08. The van der Waals surface area contributed by atoms with Gasteiger partial charge in [-0.05, 0) is 29.3 Å². The van der Waals surface area contributed by atoms with Crippen molar-refractivity contribution in [3.8, 4) is 0 Å². The second-order valence-electron chi connectivity index (χ2n) is 4.12. The standard InChI is InChI=1S/C10H17BrN4S/c1-3-8(2)14-4-6-15(7-5-14)10-13-12-9(11)16-10/h8H,3-7H2,1-2H3. The van der Waals surface area contributed by atoms with Gasteiger partial charge in [0.2, 0.25) is 5.13 Å². The summed E-state index contributed by atoms with van der Waals surface area (Å²) < 4.78 is 0.867. The van der Waals surface area contributed by atoms with Gasteiger partial charge in [-0.1, -0.05) is 18.3 Å². The van der Waals surface area contributed by atoms with Crippen LogP contribution in [0.2, 0.25) is 0 Å². The third kappa shape index (κ3) is 2.73. The number of halogens is 1. The van der Waals surface area contributed by atoms with Gasteiger partial charge in [0, 0.05) is 32.2 Å². The van der Waals surface area contributed by atoms with E-state index in [2.05, 4.69) is 49.8 Å². The molecule has 0 bridgehead atoms. The Morgan fingerprint density at radius 2 is 2.00 bits per heavy atom. The van der Waals surface area contributed by atoms with Crippen molar-refractivity contribution in [1.29, 1.82) is 0 Å². The molecule has 0 spiro atoms. The zero-order chi connectivity index (χ0) is 11.5. The lowest BCUT2D eigenvalue weighted by Gasteiger charge is -2.37. The molecule has 2 rings (SSSR count). The van der Waals surface area contributed by atoms with E-state index >= 15 is 0 Å². The van der Waals surface area contributed by atoms with Crippen LogP contribution in [0.15, 0.2) is 3.92 Å². The molecule has 1 aromatic heterocycles. The van der Waals surface area contributed by atoms with Crippen LogP contribution in [-0.2, 0) is 0 Å². The summed E-state index contributed by atoms with van der Waals surface area (Å²) in [6.07, 6.45) is 1.23. The third-order valence-electron chi connectivity index (χ3n) is 3.19. The monoisotopic (exact) mass is 304 g/mol. The van der Waals surface area contributed by atoms with E-state index < -0.39 is 0 Å². The summed E-state index contributed by atoms with van der Waals surface area (Å²) in [6.45, 7) is 8.94. The molecule has 1 fully saturated rings. The summed E-state index contributed by atoms with van der Waals surface area (Å²) in [5.41, 5.74) is 0. The number of anilines is 1. The van der Waals surface area contributed by atoms with E-state index in [9.17, 15) is 0 Å². The van der Waals surface area contributed by atoms with E-state index in [0.717, 1.165) is 35.2 Å². The van der Waals surface area contributed by atoms with Crippen LogP contribution in [0.25, 0.3) is 0 Å². The topological polar surface area (TPSA) is 32.3 Å². The predicted octanol–water partition coefficient (Wildman–Crippen LogP) is 2.22. The van der Waals surface area contributed by atoms with Crippen LogP contribution in [0.1, 0.15) is 20.3 Å². The molecule has 1 aromatic rings. The first kappa shape index (κ1) is 12.3. The van der Waals surface area contributed by atoms with Crippen molar-refractivity contribution in [2.45, 2.75) is 26.3 Å². The Morgan fingerprint density at radius 3 is 2.50 bits per heavy atom. The minimum atomic E-state index is 0.698. The van der Waals surface area contributed by atoms with E-state index in [-0.39, 0.29) is 0 Å². The van der Waals surface area contributed by atoms with Crippen molar-refractivity contribution in [2.75, 3.05) is 31.1 Å². The molecule has 1 aliphatic heterocycles. The summed E-state index contributed by atoms with van der Waals surface area (Å²) in [4.78, 5) is 4.87. The lowest BCUT2D eigenvalue weighted by atomic mass is 10.2. The lowest BCUT2D eigenvalue weighted by molar-refractivity contribution is 0.192. The summed E-state index contributed by atoms with van der Waals surface area (Å²) >= 11 is 4.96. The fourth-order valence-electron chi connectivity index (χ4n) is 1.94. The van der Waals surface area contributed by atoms with E-state index in [1.54, 1.807) is 11.3 Å². The second kappa shape index (κ2) is 5.42. The van der Waals surface area contributed by atoms with Crippen LogP contribution in [0, 0.1) is 0 Å². The second-order valence-corrected chi connectivity index (χ2v) is 6.35. The summed E-state index contributed by atoms with van der Waals surface area (Å²) in [5.74, 6) is 0. The van der Waals surface area contributed by atoms with E-state index in [1.165, 1.54) is 6.42 Å². The molecule has 2 heterocycles. The molecule has 1 unspecified atom stereocenters. The van der Waals surface area contributed by atoms with Crippen molar-refractivity contribution in [3.63, 3.8) is 0 Å². The summed E-state index contributed by atoms with van der Waals surface area (Å²) in [5, 5.41) is 9.19. The third-order valence-corrected chi connectivity index (χ3v) is 4.61. The van der Waals surface area contributed by atoms with Gasteiger partial charge in [0.15, 0.2) is 3.92 Å². The Morgan fingerprint density at radius 1 is 1.31 bits per heavy atom. The molecule has 0 aliphatic carbocycles. The van der Waals surface area contributed by atoms with Gasteiger partial charge in [-0.3, -0.25) is 4.90 Å². The molecule has 0 saturated carbocycles. The molecular formula is C10H17BrN4S. The molecule has 90 valence electrons. The Labute approximate surface area is 109 Å². The van der Waals surface area contributed by atoms with Gasteiger partial charge in [-0.15, -0.1) is 10.2 Å². The highest BCUT2D eigenvalue weighted by Crippen LogP contribution is 2.25. The first-order valence-electron chi connectivity index (χ1n) is 5.68. The highest BCUT2D eigenvalue weighted by atomic mass is 79.9. The molecular weight excluding hydrogens is 288 g/mol. The Balaban J connectivity index is 1.90. The van der Waals surface area contributed by atoms with E-state index in [4.69, 9.17) is 0 Å². The van der Waals surface area contributed by atoms with Crippen LogP contribution >= 0.6 is 27.3 Å². The SMILES string of the molecule is CCC(C)N1CCN(c2nnc(Br)s2)CC1. The van der Waals surface area contributed by atoms with Gasteiger partial charge in [-0.25, -0.2) is 0 Å². The molecule has 1 atom stereocenters. The first-order chi connectivity index (χ1) is 7.70. The maximum atomic E-state index is 4.16. The number of rotatable bonds is 3. The van der Waals surface area contributed by atoms with E-state index in [1.807, 2.05) is 0 Å². The maximum Gasteiger partial charge on any atom is 0.209 e. The Kier molecular flexibility index (Phi) is 4.16. The smallest absolute Gasteiger partial charge is 0.209 e. The Hall–Kier alpha value is -0.200. The number of aromatic nitrogens is 2.